The van der Waals surface area contributed by atoms with E-state index in [4.69, 9.17) is 0 Å². The van der Waals surface area contributed by atoms with Gasteiger partial charge in [-0.05, 0) is 25.3 Å². The van der Waals surface area contributed by atoms with Gasteiger partial charge in [0.15, 0.2) is 5.82 Å². The van der Waals surface area contributed by atoms with Crippen LogP contribution < -0.4 is 5.32 Å². The fourth-order valence-electron chi connectivity index (χ4n) is 3.34. The van der Waals surface area contributed by atoms with Crippen molar-refractivity contribution in [3.63, 3.8) is 0 Å². The summed E-state index contributed by atoms with van der Waals surface area (Å²) in [5, 5.41) is 3.35. The van der Waals surface area contributed by atoms with E-state index in [1.807, 2.05) is 35.2 Å². The maximum absolute atomic E-state index is 12.9. The van der Waals surface area contributed by atoms with Crippen molar-refractivity contribution in [1.82, 2.24) is 14.9 Å². The number of amides is 1. The minimum absolute atomic E-state index is 0.0181. The van der Waals surface area contributed by atoms with Crippen molar-refractivity contribution in [3.05, 3.63) is 77.5 Å². The van der Waals surface area contributed by atoms with Crippen LogP contribution in [0.2, 0.25) is 0 Å². The largest absolute Gasteiger partial charge is 0.366 e. The molecule has 1 aliphatic heterocycles. The third-order valence-electron chi connectivity index (χ3n) is 4.96. The van der Waals surface area contributed by atoms with E-state index in [1.165, 1.54) is 5.56 Å². The Hall–Kier alpha value is -3.21. The van der Waals surface area contributed by atoms with E-state index in [0.717, 1.165) is 37.1 Å². The van der Waals surface area contributed by atoms with E-state index >= 15 is 0 Å². The van der Waals surface area contributed by atoms with Crippen molar-refractivity contribution in [2.24, 2.45) is 0 Å². The molecule has 28 heavy (non-hydrogen) atoms. The number of likely N-dealkylation sites (tertiary alicyclic amines) is 1. The second kappa shape index (κ2) is 8.21. The second-order valence-electron chi connectivity index (χ2n) is 7.17. The molecule has 5 nitrogen and oxygen atoms in total. The van der Waals surface area contributed by atoms with Crippen LogP contribution in [0, 0.1) is 6.92 Å². The van der Waals surface area contributed by atoms with Crippen LogP contribution in [0.3, 0.4) is 0 Å². The summed E-state index contributed by atoms with van der Waals surface area (Å²) >= 11 is 0. The molecule has 5 heteroatoms. The van der Waals surface area contributed by atoms with Crippen molar-refractivity contribution in [2.45, 2.75) is 26.3 Å². The number of hydrogen-bond donors (Lipinski definition) is 1. The van der Waals surface area contributed by atoms with Crippen LogP contribution in [0.1, 0.15) is 34.5 Å². The van der Waals surface area contributed by atoms with Crippen LogP contribution in [0.25, 0.3) is 11.4 Å². The Balaban J connectivity index is 1.63. The molecule has 3 aromatic rings. The maximum Gasteiger partial charge on any atom is 0.272 e. The van der Waals surface area contributed by atoms with E-state index in [-0.39, 0.29) is 5.91 Å². The van der Waals surface area contributed by atoms with Crippen LogP contribution in [-0.2, 0) is 6.54 Å². The highest BCUT2D eigenvalue weighted by Crippen LogP contribution is 2.20. The first kappa shape index (κ1) is 18.2. The van der Waals surface area contributed by atoms with E-state index < -0.39 is 0 Å². The number of hydrogen-bond acceptors (Lipinski definition) is 4. The summed E-state index contributed by atoms with van der Waals surface area (Å²) in [6.45, 7) is 4.32. The molecule has 1 amide bonds. The second-order valence-corrected chi connectivity index (χ2v) is 7.17. The van der Waals surface area contributed by atoms with E-state index in [9.17, 15) is 4.79 Å². The summed E-state index contributed by atoms with van der Waals surface area (Å²) in [7, 11) is 0. The van der Waals surface area contributed by atoms with E-state index in [1.54, 1.807) is 6.07 Å². The Bertz CT molecular complexity index is 948. The smallest absolute Gasteiger partial charge is 0.272 e. The van der Waals surface area contributed by atoms with Crippen LogP contribution >= 0.6 is 0 Å². The van der Waals surface area contributed by atoms with Gasteiger partial charge in [0.1, 0.15) is 11.5 Å². The third-order valence-corrected chi connectivity index (χ3v) is 4.96. The van der Waals surface area contributed by atoms with Gasteiger partial charge in [0.05, 0.1) is 0 Å². The Labute approximate surface area is 165 Å². The Morgan fingerprint density at radius 2 is 1.71 bits per heavy atom. The zero-order valence-corrected chi connectivity index (χ0v) is 16.1. The first-order valence-electron chi connectivity index (χ1n) is 9.72. The summed E-state index contributed by atoms with van der Waals surface area (Å²) in [4.78, 5) is 24.0. The lowest BCUT2D eigenvalue weighted by molar-refractivity contribution is 0.0787. The molecule has 0 spiro atoms. The van der Waals surface area contributed by atoms with Crippen molar-refractivity contribution < 1.29 is 4.79 Å². The van der Waals surface area contributed by atoms with Crippen molar-refractivity contribution in [1.29, 1.82) is 0 Å². The third kappa shape index (κ3) is 4.19. The highest BCUT2D eigenvalue weighted by Gasteiger charge is 2.22. The number of nitrogens with zero attached hydrogens (tertiary/aromatic N) is 3. The molecule has 0 unspecified atom stereocenters. The normalized spacial score (nSPS) is 13.5. The summed E-state index contributed by atoms with van der Waals surface area (Å²) in [6, 6.07) is 19.9. The molecule has 1 saturated heterocycles. The van der Waals surface area contributed by atoms with Gasteiger partial charge in [0.25, 0.3) is 5.91 Å². The number of rotatable bonds is 5. The molecular formula is C23H24N4O. The first-order valence-corrected chi connectivity index (χ1v) is 9.72. The highest BCUT2D eigenvalue weighted by atomic mass is 16.2. The average Bonchev–Trinajstić information content (AvgIpc) is 3.28. The number of benzene rings is 2. The van der Waals surface area contributed by atoms with Gasteiger partial charge < -0.3 is 10.2 Å². The lowest BCUT2D eigenvalue weighted by Crippen LogP contribution is -2.28. The molecule has 0 bridgehead atoms. The summed E-state index contributed by atoms with van der Waals surface area (Å²) < 4.78 is 0. The summed E-state index contributed by atoms with van der Waals surface area (Å²) in [6.07, 6.45) is 2.11. The Kier molecular flexibility index (Phi) is 5.33. The van der Waals surface area contributed by atoms with Gasteiger partial charge in [-0.3, -0.25) is 4.79 Å². The highest BCUT2D eigenvalue weighted by molar-refractivity contribution is 5.93. The van der Waals surface area contributed by atoms with Gasteiger partial charge in [-0.15, -0.1) is 0 Å². The molecule has 1 fully saturated rings. The van der Waals surface area contributed by atoms with Crippen molar-refractivity contribution in [2.75, 3.05) is 18.4 Å². The number of carbonyl (C=O) groups excluding carboxylic acids is 1. The number of nitrogens with one attached hydrogen (secondary N) is 1. The maximum atomic E-state index is 12.9. The van der Waals surface area contributed by atoms with Crippen LogP contribution in [0.15, 0.2) is 60.7 Å². The van der Waals surface area contributed by atoms with Gasteiger partial charge in [0.2, 0.25) is 0 Å². The van der Waals surface area contributed by atoms with E-state index in [2.05, 4.69) is 46.5 Å². The Morgan fingerprint density at radius 3 is 2.43 bits per heavy atom. The first-order chi connectivity index (χ1) is 13.7. The van der Waals surface area contributed by atoms with Gasteiger partial charge >= 0.3 is 0 Å². The molecule has 0 radical (unpaired) electrons. The predicted octanol–water partition coefficient (Wildman–Crippen LogP) is 4.30. The van der Waals surface area contributed by atoms with E-state index in [0.29, 0.717) is 23.9 Å². The van der Waals surface area contributed by atoms with Gasteiger partial charge in [0, 0.05) is 31.3 Å². The molecular weight excluding hydrogens is 348 g/mol. The quantitative estimate of drug-likeness (QED) is 0.725. The Morgan fingerprint density at radius 1 is 1.00 bits per heavy atom. The number of carbonyl (C=O) groups is 1. The number of anilines is 1. The zero-order chi connectivity index (χ0) is 19.3. The average molecular weight is 372 g/mol. The standard InChI is InChI=1S/C23H24N4O/c1-17-9-11-18(12-10-17)16-24-21-15-20(23(28)27-13-5-6-14-27)25-22(26-21)19-7-3-2-4-8-19/h2-4,7-12,15H,5-6,13-14,16H2,1H3,(H,24,25,26). The predicted molar refractivity (Wildman–Crippen MR) is 111 cm³/mol. The molecule has 1 aromatic heterocycles. The minimum Gasteiger partial charge on any atom is -0.366 e. The molecule has 0 atom stereocenters. The molecule has 1 N–H and O–H groups in total. The lowest BCUT2D eigenvalue weighted by atomic mass is 10.1. The molecule has 1 aliphatic rings. The number of aryl methyl sites for hydroxylation is 1. The van der Waals surface area contributed by atoms with Crippen LogP contribution in [-0.4, -0.2) is 33.9 Å². The van der Waals surface area contributed by atoms with Gasteiger partial charge in [-0.25, -0.2) is 9.97 Å². The SMILES string of the molecule is Cc1ccc(CNc2cc(C(=O)N3CCCC3)nc(-c3ccccc3)n2)cc1. The number of aromatic nitrogens is 2. The fraction of sp³-hybridized carbons (Fsp3) is 0.261. The fourth-order valence-corrected chi connectivity index (χ4v) is 3.34. The molecule has 0 saturated carbocycles. The molecule has 2 heterocycles. The van der Waals surface area contributed by atoms with Crippen molar-refractivity contribution in [3.8, 4) is 11.4 Å². The van der Waals surface area contributed by atoms with Gasteiger partial charge in [-0.1, -0.05) is 60.2 Å². The molecule has 2 aromatic carbocycles. The summed E-state index contributed by atoms with van der Waals surface area (Å²) in [5.41, 5.74) is 3.74. The van der Waals surface area contributed by atoms with Crippen molar-refractivity contribution >= 4 is 11.7 Å². The minimum atomic E-state index is -0.0181. The summed E-state index contributed by atoms with van der Waals surface area (Å²) in [5.74, 6) is 1.21. The van der Waals surface area contributed by atoms with Crippen LogP contribution in [0.4, 0.5) is 5.82 Å². The lowest BCUT2D eigenvalue weighted by Gasteiger charge is -2.16. The molecule has 142 valence electrons. The topological polar surface area (TPSA) is 58.1 Å². The molecule has 4 rings (SSSR count). The monoisotopic (exact) mass is 372 g/mol. The van der Waals surface area contributed by atoms with Gasteiger partial charge in [-0.2, -0.15) is 0 Å². The zero-order valence-electron chi connectivity index (χ0n) is 16.1. The van der Waals surface area contributed by atoms with Crippen LogP contribution in [0.5, 0.6) is 0 Å². The molecule has 0 aliphatic carbocycles.